The molecular weight excluding hydrogens is 324 g/mol. The SMILES string of the molecule is C/C=C(/C=N/N=C(/CSCCOc1cccc(OC)c1)OC)CC. The molecule has 0 heterocycles. The van der Waals surface area contributed by atoms with Gasteiger partial charge in [0.05, 0.1) is 32.8 Å². The first-order valence-corrected chi connectivity index (χ1v) is 9.02. The lowest BCUT2D eigenvalue weighted by Crippen LogP contribution is -2.07. The molecule has 1 aromatic rings. The smallest absolute Gasteiger partial charge is 0.218 e. The van der Waals surface area contributed by atoms with E-state index in [0.717, 1.165) is 29.2 Å². The van der Waals surface area contributed by atoms with E-state index < -0.39 is 0 Å². The highest BCUT2D eigenvalue weighted by Gasteiger charge is 2.00. The third kappa shape index (κ3) is 8.06. The summed E-state index contributed by atoms with van der Waals surface area (Å²) in [6.07, 6.45) is 4.72. The summed E-state index contributed by atoms with van der Waals surface area (Å²) >= 11 is 1.68. The number of ether oxygens (including phenoxy) is 3. The van der Waals surface area contributed by atoms with Crippen molar-refractivity contribution in [1.29, 1.82) is 0 Å². The van der Waals surface area contributed by atoms with Gasteiger partial charge in [-0.05, 0) is 31.1 Å². The molecule has 6 heteroatoms. The van der Waals surface area contributed by atoms with Gasteiger partial charge in [0.1, 0.15) is 11.5 Å². The molecule has 0 aliphatic heterocycles. The van der Waals surface area contributed by atoms with Crippen molar-refractivity contribution in [3.63, 3.8) is 0 Å². The molecule has 0 unspecified atom stereocenters. The Hall–Kier alpha value is -1.95. The minimum atomic E-state index is 0.601. The third-order valence-corrected chi connectivity index (χ3v) is 4.08. The van der Waals surface area contributed by atoms with Crippen molar-refractivity contribution >= 4 is 23.9 Å². The molecule has 0 aliphatic carbocycles. The van der Waals surface area contributed by atoms with E-state index in [0.29, 0.717) is 18.3 Å². The van der Waals surface area contributed by atoms with Crippen LogP contribution in [0.2, 0.25) is 0 Å². The number of allylic oxidation sites excluding steroid dienone is 2. The van der Waals surface area contributed by atoms with E-state index in [1.165, 1.54) is 0 Å². The van der Waals surface area contributed by atoms with Crippen molar-refractivity contribution in [2.45, 2.75) is 20.3 Å². The molecule has 0 saturated carbocycles. The fourth-order valence-corrected chi connectivity index (χ4v) is 2.43. The predicted octanol–water partition coefficient (Wildman–Crippen LogP) is 4.19. The normalized spacial score (nSPS) is 12.5. The van der Waals surface area contributed by atoms with Crippen LogP contribution in [0.15, 0.2) is 46.1 Å². The molecule has 0 amide bonds. The van der Waals surface area contributed by atoms with Crippen molar-refractivity contribution in [3.8, 4) is 11.5 Å². The quantitative estimate of drug-likeness (QED) is 0.275. The number of thioether (sulfide) groups is 1. The molecule has 0 aliphatic rings. The van der Waals surface area contributed by atoms with Gasteiger partial charge in [-0.15, -0.1) is 16.9 Å². The Bertz CT molecular complexity index is 571. The summed E-state index contributed by atoms with van der Waals surface area (Å²) in [6, 6.07) is 7.58. The number of hydrogen-bond donors (Lipinski definition) is 0. The molecule has 0 bridgehead atoms. The average molecular weight is 350 g/mol. The molecule has 0 saturated heterocycles. The van der Waals surface area contributed by atoms with Crippen molar-refractivity contribution < 1.29 is 14.2 Å². The van der Waals surface area contributed by atoms with Gasteiger partial charge < -0.3 is 14.2 Å². The van der Waals surface area contributed by atoms with Crippen LogP contribution in [-0.2, 0) is 4.74 Å². The van der Waals surface area contributed by atoms with E-state index in [2.05, 4.69) is 17.1 Å². The lowest BCUT2D eigenvalue weighted by atomic mass is 10.2. The average Bonchev–Trinajstić information content (AvgIpc) is 2.63. The van der Waals surface area contributed by atoms with Crippen LogP contribution in [0.25, 0.3) is 0 Å². The first-order chi connectivity index (χ1) is 11.7. The van der Waals surface area contributed by atoms with E-state index >= 15 is 0 Å². The van der Waals surface area contributed by atoms with Crippen LogP contribution in [0.4, 0.5) is 0 Å². The van der Waals surface area contributed by atoms with Gasteiger partial charge in [-0.2, -0.15) is 5.10 Å². The molecule has 0 aromatic heterocycles. The highest BCUT2D eigenvalue weighted by Crippen LogP contribution is 2.19. The summed E-state index contributed by atoms with van der Waals surface area (Å²) < 4.78 is 16.1. The highest BCUT2D eigenvalue weighted by molar-refractivity contribution is 7.99. The second kappa shape index (κ2) is 12.5. The first kappa shape index (κ1) is 20.1. The minimum absolute atomic E-state index is 0.601. The third-order valence-electron chi connectivity index (χ3n) is 3.17. The Labute approximate surface area is 148 Å². The zero-order valence-corrected chi connectivity index (χ0v) is 15.6. The molecule has 0 spiro atoms. The summed E-state index contributed by atoms with van der Waals surface area (Å²) in [5.41, 5.74) is 1.15. The van der Waals surface area contributed by atoms with Crippen molar-refractivity contribution in [3.05, 3.63) is 35.9 Å². The summed E-state index contributed by atoms with van der Waals surface area (Å²) in [7, 11) is 3.25. The number of benzene rings is 1. The zero-order chi connectivity index (χ0) is 17.6. The van der Waals surface area contributed by atoms with Crippen molar-refractivity contribution in [2.24, 2.45) is 10.2 Å². The maximum absolute atomic E-state index is 5.69. The maximum atomic E-state index is 5.69. The highest BCUT2D eigenvalue weighted by atomic mass is 32.2. The van der Waals surface area contributed by atoms with Crippen LogP contribution in [0.3, 0.4) is 0 Å². The van der Waals surface area contributed by atoms with Gasteiger partial charge in [-0.3, -0.25) is 0 Å². The molecule has 24 heavy (non-hydrogen) atoms. The van der Waals surface area contributed by atoms with Gasteiger partial charge in [0.2, 0.25) is 5.90 Å². The van der Waals surface area contributed by atoms with E-state index in [9.17, 15) is 0 Å². The van der Waals surface area contributed by atoms with Crippen LogP contribution in [0, 0.1) is 0 Å². The molecule has 0 radical (unpaired) electrons. The van der Waals surface area contributed by atoms with Crippen LogP contribution < -0.4 is 9.47 Å². The van der Waals surface area contributed by atoms with Gasteiger partial charge in [0, 0.05) is 11.8 Å². The molecule has 0 N–H and O–H groups in total. The molecule has 132 valence electrons. The molecule has 1 rings (SSSR count). The fraction of sp³-hybridized carbons (Fsp3) is 0.444. The summed E-state index contributed by atoms with van der Waals surface area (Å²) in [6.45, 7) is 4.68. The zero-order valence-electron chi connectivity index (χ0n) is 14.8. The molecule has 0 fully saturated rings. The van der Waals surface area contributed by atoms with Gasteiger partial charge in [-0.1, -0.05) is 19.1 Å². The van der Waals surface area contributed by atoms with E-state index in [-0.39, 0.29) is 0 Å². The van der Waals surface area contributed by atoms with Crippen LogP contribution in [0.5, 0.6) is 11.5 Å². The minimum Gasteiger partial charge on any atom is -0.497 e. The number of rotatable bonds is 10. The first-order valence-electron chi connectivity index (χ1n) is 7.87. The standard InChI is InChI=1S/C18H26N2O3S/c1-5-15(6-2)13-19-20-18(22-4)14-24-11-10-23-17-9-7-8-16(12-17)21-3/h5,7-9,12-13H,6,10-11,14H2,1-4H3/b15-5+,19-13+,20-18-. The van der Waals surface area contributed by atoms with Crippen molar-refractivity contribution in [1.82, 2.24) is 0 Å². The van der Waals surface area contributed by atoms with Gasteiger partial charge >= 0.3 is 0 Å². The fourth-order valence-electron chi connectivity index (χ4n) is 1.73. The Morgan fingerprint density at radius 1 is 1.25 bits per heavy atom. The number of methoxy groups -OCH3 is 2. The van der Waals surface area contributed by atoms with E-state index in [1.807, 2.05) is 37.3 Å². The monoisotopic (exact) mass is 350 g/mol. The van der Waals surface area contributed by atoms with Crippen LogP contribution >= 0.6 is 11.8 Å². The van der Waals surface area contributed by atoms with Crippen molar-refractivity contribution in [2.75, 3.05) is 32.3 Å². The number of hydrogen-bond acceptors (Lipinski definition) is 6. The van der Waals surface area contributed by atoms with E-state index in [4.69, 9.17) is 14.2 Å². The molecular formula is C18H26N2O3S. The summed E-state index contributed by atoms with van der Waals surface area (Å²) in [5, 5.41) is 8.16. The van der Waals surface area contributed by atoms with Crippen LogP contribution in [-0.4, -0.2) is 44.4 Å². The van der Waals surface area contributed by atoms with Gasteiger partial charge in [-0.25, -0.2) is 0 Å². The lowest BCUT2D eigenvalue weighted by Gasteiger charge is -2.07. The lowest BCUT2D eigenvalue weighted by molar-refractivity contribution is 0.339. The largest absolute Gasteiger partial charge is 0.497 e. The summed E-state index contributed by atoms with van der Waals surface area (Å²) in [5.74, 6) is 3.69. The maximum Gasteiger partial charge on any atom is 0.218 e. The Morgan fingerprint density at radius 3 is 2.71 bits per heavy atom. The molecule has 0 atom stereocenters. The van der Waals surface area contributed by atoms with E-state index in [1.54, 1.807) is 32.2 Å². The molecule has 1 aromatic carbocycles. The summed E-state index contributed by atoms with van der Waals surface area (Å²) in [4.78, 5) is 0. The second-order valence-corrected chi connectivity index (χ2v) is 5.84. The Morgan fingerprint density at radius 2 is 2.04 bits per heavy atom. The topological polar surface area (TPSA) is 52.4 Å². The van der Waals surface area contributed by atoms with Gasteiger partial charge in [0.15, 0.2) is 0 Å². The van der Waals surface area contributed by atoms with Crippen LogP contribution in [0.1, 0.15) is 20.3 Å². The second-order valence-electron chi connectivity index (χ2n) is 4.74. The Kier molecular flexibility index (Phi) is 10.4. The Balaban J connectivity index is 2.31. The number of nitrogens with zero attached hydrogens (tertiary/aromatic N) is 2. The van der Waals surface area contributed by atoms with Gasteiger partial charge in [0.25, 0.3) is 0 Å². The molecule has 5 nitrogen and oxygen atoms in total. The predicted molar refractivity (Wildman–Crippen MR) is 103 cm³/mol.